The minimum Gasteiger partial charge on any atom is -0.478 e. The summed E-state index contributed by atoms with van der Waals surface area (Å²) in [4.78, 5) is 28.9. The molecule has 2 aliphatic rings. The molecule has 43 heavy (non-hydrogen) atoms. The molecule has 0 saturated carbocycles. The molecule has 4 rings (SSSR count). The molecule has 2 fully saturated rings. The Labute approximate surface area is 255 Å². The number of hydrogen-bond acceptors (Lipinski definition) is 5. The summed E-state index contributed by atoms with van der Waals surface area (Å²) in [6.07, 6.45) is 8.09. The molecule has 12 heteroatoms. The average Bonchev–Trinajstić information content (AvgIpc) is 3.53. The van der Waals surface area contributed by atoms with Gasteiger partial charge in [0.2, 0.25) is 0 Å². The number of benzene rings is 1. The molecule has 1 spiro atoms. The molecule has 3 heterocycles. The number of alkyl halides is 3. The Morgan fingerprint density at radius 2 is 1.88 bits per heavy atom. The number of piperidine rings is 1. The fraction of sp³-hybridized carbons (Fsp3) is 0.548. The van der Waals surface area contributed by atoms with Crippen LogP contribution in [-0.4, -0.2) is 62.5 Å². The van der Waals surface area contributed by atoms with E-state index in [1.54, 1.807) is 12.2 Å². The summed E-state index contributed by atoms with van der Waals surface area (Å²) in [5, 5.41) is 18.5. The number of halogens is 4. The van der Waals surface area contributed by atoms with Crippen molar-refractivity contribution in [3.63, 3.8) is 0 Å². The standard InChI is InChI=1S/C29H40ClN3O3.C2HF3O2/c1-5-8-22(28(34)35)9-7-10-24-17-29(36-31-24)13-15-32(16-14-29)18-23-19-33(21(4)6-2)27-25(30)12-11-20(3)26(23)27;3-2(4,5)1(6)7/h7-9,11-12,19,21,24,31H,5-6,10,13-18H2,1-4H3,(H,34,35);(H,6,7)/b9-7-,22-8+;. The first-order valence-electron chi connectivity index (χ1n) is 14.6. The third-order valence-electron chi connectivity index (χ3n) is 8.13. The molecule has 0 aliphatic carbocycles. The van der Waals surface area contributed by atoms with Crippen molar-refractivity contribution in [1.29, 1.82) is 0 Å². The highest BCUT2D eigenvalue weighted by molar-refractivity contribution is 6.35. The van der Waals surface area contributed by atoms with E-state index in [0.29, 0.717) is 18.0 Å². The number of aryl methyl sites for hydroxylation is 1. The lowest BCUT2D eigenvalue weighted by Gasteiger charge is -2.37. The Bertz CT molecular complexity index is 1350. The molecule has 3 N–H and O–H groups in total. The van der Waals surface area contributed by atoms with Crippen molar-refractivity contribution in [1.82, 2.24) is 14.9 Å². The number of nitrogens with zero attached hydrogens (tertiary/aromatic N) is 2. The zero-order valence-corrected chi connectivity index (χ0v) is 25.8. The molecule has 1 aromatic carbocycles. The second-order valence-electron chi connectivity index (χ2n) is 11.3. The van der Waals surface area contributed by atoms with Crippen molar-refractivity contribution in [2.45, 2.75) is 96.6 Å². The Balaban J connectivity index is 0.000000646. The summed E-state index contributed by atoms with van der Waals surface area (Å²) in [6.45, 7) is 11.5. The van der Waals surface area contributed by atoms with Crippen LogP contribution in [-0.2, 0) is 21.0 Å². The van der Waals surface area contributed by atoms with Gasteiger partial charge in [0.1, 0.15) is 0 Å². The number of allylic oxidation sites excluding steroid dienone is 1. The smallest absolute Gasteiger partial charge is 0.478 e. The molecule has 2 aromatic rings. The maximum Gasteiger partial charge on any atom is 0.490 e. The monoisotopic (exact) mass is 627 g/mol. The van der Waals surface area contributed by atoms with Crippen molar-refractivity contribution in [2.24, 2.45) is 0 Å². The number of aromatic nitrogens is 1. The molecular weight excluding hydrogens is 587 g/mol. The van der Waals surface area contributed by atoms with Gasteiger partial charge in [-0.05, 0) is 69.6 Å². The van der Waals surface area contributed by atoms with Gasteiger partial charge in [-0.25, -0.2) is 9.59 Å². The number of hydrogen-bond donors (Lipinski definition) is 3. The van der Waals surface area contributed by atoms with Gasteiger partial charge in [0.15, 0.2) is 0 Å². The molecule has 2 saturated heterocycles. The van der Waals surface area contributed by atoms with Crippen LogP contribution in [0.3, 0.4) is 0 Å². The summed E-state index contributed by atoms with van der Waals surface area (Å²) in [6, 6.07) is 4.76. The van der Waals surface area contributed by atoms with Crippen LogP contribution in [0.4, 0.5) is 13.2 Å². The highest BCUT2D eigenvalue weighted by atomic mass is 35.5. The van der Waals surface area contributed by atoms with Crippen LogP contribution in [0.5, 0.6) is 0 Å². The first-order valence-corrected chi connectivity index (χ1v) is 14.9. The van der Waals surface area contributed by atoms with Crippen molar-refractivity contribution >= 4 is 34.4 Å². The zero-order chi connectivity index (χ0) is 31.9. The lowest BCUT2D eigenvalue weighted by atomic mass is 9.85. The van der Waals surface area contributed by atoms with E-state index in [0.717, 1.165) is 62.3 Å². The van der Waals surface area contributed by atoms with Gasteiger partial charge in [-0.3, -0.25) is 9.74 Å². The SMILES string of the molecule is CC/C=C(\C=C/CC1CC2(CCN(Cc3cn(C(C)CC)c4c(Cl)ccc(C)c34)CC2)ON1)C(=O)O.O=C(O)C(F)(F)F. The summed E-state index contributed by atoms with van der Waals surface area (Å²) in [5.41, 5.74) is 7.23. The first kappa shape index (κ1) is 34.6. The molecule has 1 aromatic heterocycles. The minimum atomic E-state index is -5.08. The van der Waals surface area contributed by atoms with Gasteiger partial charge < -0.3 is 14.8 Å². The maximum absolute atomic E-state index is 11.3. The number of fused-ring (bicyclic) bond motifs is 1. The number of carbonyl (C=O) groups is 2. The summed E-state index contributed by atoms with van der Waals surface area (Å²) in [5.74, 6) is -3.63. The quantitative estimate of drug-likeness (QED) is 0.199. The van der Waals surface area contributed by atoms with E-state index >= 15 is 0 Å². The number of carboxylic acids is 2. The number of rotatable bonds is 9. The Morgan fingerprint density at radius 1 is 1.23 bits per heavy atom. The Kier molecular flexibility index (Phi) is 11.9. The lowest BCUT2D eigenvalue weighted by Crippen LogP contribution is -2.44. The van der Waals surface area contributed by atoms with Gasteiger partial charge in [-0.15, -0.1) is 0 Å². The van der Waals surface area contributed by atoms with Gasteiger partial charge >= 0.3 is 18.1 Å². The Morgan fingerprint density at radius 3 is 2.44 bits per heavy atom. The van der Waals surface area contributed by atoms with Crippen LogP contribution in [0.1, 0.15) is 76.5 Å². The van der Waals surface area contributed by atoms with Crippen molar-refractivity contribution in [3.05, 3.63) is 58.3 Å². The van der Waals surface area contributed by atoms with Gasteiger partial charge in [0.25, 0.3) is 0 Å². The average molecular weight is 628 g/mol. The normalized spacial score (nSPS) is 20.0. The van der Waals surface area contributed by atoms with Gasteiger partial charge in [-0.2, -0.15) is 18.7 Å². The van der Waals surface area contributed by atoms with E-state index in [9.17, 15) is 23.1 Å². The first-order chi connectivity index (χ1) is 20.2. The second kappa shape index (κ2) is 14.7. The third kappa shape index (κ3) is 8.84. The molecular formula is C31H41ClF3N3O5. The van der Waals surface area contributed by atoms with E-state index < -0.39 is 18.1 Å². The largest absolute Gasteiger partial charge is 0.490 e. The van der Waals surface area contributed by atoms with Crippen LogP contribution >= 0.6 is 11.6 Å². The molecule has 2 aliphatic heterocycles. The van der Waals surface area contributed by atoms with E-state index in [1.165, 1.54) is 16.5 Å². The van der Waals surface area contributed by atoms with Crippen LogP contribution in [0.25, 0.3) is 10.9 Å². The zero-order valence-electron chi connectivity index (χ0n) is 25.0. The van der Waals surface area contributed by atoms with Crippen LogP contribution in [0.2, 0.25) is 5.02 Å². The van der Waals surface area contributed by atoms with E-state index in [4.69, 9.17) is 26.3 Å². The molecule has 0 bridgehead atoms. The number of nitrogens with one attached hydrogen (secondary N) is 1. The number of aliphatic carboxylic acids is 2. The highest BCUT2D eigenvalue weighted by Crippen LogP contribution is 2.38. The van der Waals surface area contributed by atoms with Gasteiger partial charge in [0.05, 0.1) is 21.7 Å². The lowest BCUT2D eigenvalue weighted by molar-refractivity contribution is -0.192. The van der Waals surface area contributed by atoms with Crippen molar-refractivity contribution < 1.29 is 37.8 Å². The van der Waals surface area contributed by atoms with E-state index in [-0.39, 0.29) is 11.6 Å². The molecule has 2 unspecified atom stereocenters. The fourth-order valence-electron chi connectivity index (χ4n) is 5.63. The molecule has 0 radical (unpaired) electrons. The number of hydroxylamine groups is 1. The molecule has 0 amide bonds. The van der Waals surface area contributed by atoms with Gasteiger partial charge in [0, 0.05) is 43.3 Å². The fourth-order valence-corrected chi connectivity index (χ4v) is 5.88. The number of carboxylic acid groups (broad SMARTS) is 2. The minimum absolute atomic E-state index is 0.131. The number of likely N-dealkylation sites (tertiary alicyclic amines) is 1. The highest BCUT2D eigenvalue weighted by Gasteiger charge is 2.43. The predicted molar refractivity (Wildman–Crippen MR) is 160 cm³/mol. The molecule has 2 atom stereocenters. The van der Waals surface area contributed by atoms with E-state index in [2.05, 4.69) is 48.0 Å². The molecule has 238 valence electrons. The predicted octanol–water partition coefficient (Wildman–Crippen LogP) is 7.20. The van der Waals surface area contributed by atoms with E-state index in [1.807, 2.05) is 19.1 Å². The van der Waals surface area contributed by atoms with Crippen molar-refractivity contribution in [2.75, 3.05) is 13.1 Å². The summed E-state index contributed by atoms with van der Waals surface area (Å²) < 4.78 is 34.1. The second-order valence-corrected chi connectivity index (χ2v) is 11.7. The third-order valence-corrected chi connectivity index (χ3v) is 8.44. The van der Waals surface area contributed by atoms with Crippen molar-refractivity contribution in [3.8, 4) is 0 Å². The topological polar surface area (TPSA) is 104 Å². The van der Waals surface area contributed by atoms with Crippen LogP contribution < -0.4 is 5.48 Å². The Hall–Kier alpha value is -2.86. The molecule has 8 nitrogen and oxygen atoms in total. The summed E-state index contributed by atoms with van der Waals surface area (Å²) in [7, 11) is 0. The van der Waals surface area contributed by atoms with Crippen LogP contribution in [0.15, 0.2) is 42.1 Å². The van der Waals surface area contributed by atoms with Crippen LogP contribution in [0, 0.1) is 6.92 Å². The maximum atomic E-state index is 11.3. The van der Waals surface area contributed by atoms with Gasteiger partial charge in [-0.1, -0.05) is 49.7 Å². The summed E-state index contributed by atoms with van der Waals surface area (Å²) >= 11 is 6.68.